The van der Waals surface area contributed by atoms with Crippen LogP contribution in [0.3, 0.4) is 0 Å². The molecule has 0 spiro atoms. The number of ether oxygens (including phenoxy) is 1. The number of benzene rings is 2. The molecule has 2 aromatic carbocycles. The SMILES string of the molecule is O=C(NCCO)c1cccc2c1CCN2c1cc(Oc2cccc(C(F)(F)F)c2)ncn1. The van der Waals surface area contributed by atoms with E-state index in [1.807, 2.05) is 11.0 Å². The first-order chi connectivity index (χ1) is 15.4. The third kappa shape index (κ3) is 4.50. The number of carbonyl (C=O) groups excluding carboxylic acids is 1. The van der Waals surface area contributed by atoms with Crippen LogP contribution in [0, 0.1) is 0 Å². The molecular weight excluding hydrogens is 425 g/mol. The highest BCUT2D eigenvalue weighted by Gasteiger charge is 2.31. The summed E-state index contributed by atoms with van der Waals surface area (Å²) in [7, 11) is 0. The molecule has 166 valence electrons. The van der Waals surface area contributed by atoms with Gasteiger partial charge in [-0.1, -0.05) is 12.1 Å². The number of aliphatic hydroxyl groups is 1. The van der Waals surface area contributed by atoms with Gasteiger partial charge in [0.2, 0.25) is 5.88 Å². The molecule has 1 amide bonds. The third-order valence-corrected chi connectivity index (χ3v) is 4.96. The Morgan fingerprint density at radius 1 is 1.16 bits per heavy atom. The Kier molecular flexibility index (Phi) is 5.95. The maximum atomic E-state index is 12.9. The Bertz CT molecular complexity index is 1140. The van der Waals surface area contributed by atoms with E-state index in [1.165, 1.54) is 24.5 Å². The van der Waals surface area contributed by atoms with Crippen LogP contribution in [0.5, 0.6) is 11.6 Å². The lowest BCUT2D eigenvalue weighted by atomic mass is 10.0. The molecule has 0 radical (unpaired) electrons. The quantitative estimate of drug-likeness (QED) is 0.603. The predicted octanol–water partition coefficient (Wildman–Crippen LogP) is 3.70. The first kappa shape index (κ1) is 21.6. The fourth-order valence-electron chi connectivity index (χ4n) is 3.54. The van der Waals surface area contributed by atoms with Crippen LogP contribution < -0.4 is 15.0 Å². The van der Waals surface area contributed by atoms with Crippen molar-refractivity contribution in [3.8, 4) is 11.6 Å². The minimum absolute atomic E-state index is 0.00846. The van der Waals surface area contributed by atoms with Gasteiger partial charge in [-0.3, -0.25) is 4.79 Å². The molecule has 0 atom stereocenters. The Labute approximate surface area is 181 Å². The molecule has 7 nitrogen and oxygen atoms in total. The molecule has 4 rings (SSSR count). The zero-order chi connectivity index (χ0) is 22.7. The molecule has 0 saturated carbocycles. The van der Waals surface area contributed by atoms with E-state index in [-0.39, 0.29) is 30.7 Å². The van der Waals surface area contributed by atoms with Crippen LogP contribution in [-0.4, -0.2) is 40.7 Å². The van der Waals surface area contributed by atoms with Crippen molar-refractivity contribution in [3.63, 3.8) is 0 Å². The number of fused-ring (bicyclic) bond motifs is 1. The van der Waals surface area contributed by atoms with E-state index < -0.39 is 11.7 Å². The highest BCUT2D eigenvalue weighted by atomic mass is 19.4. The van der Waals surface area contributed by atoms with Gasteiger partial charge in [-0.2, -0.15) is 13.2 Å². The molecule has 10 heteroatoms. The molecule has 0 fully saturated rings. The Balaban J connectivity index is 1.58. The minimum atomic E-state index is -4.48. The van der Waals surface area contributed by atoms with Gasteiger partial charge in [0.15, 0.2) is 0 Å². The summed E-state index contributed by atoms with van der Waals surface area (Å²) in [4.78, 5) is 22.6. The number of hydrogen-bond acceptors (Lipinski definition) is 6. The standard InChI is InChI=1S/C22H19F3N4O3/c23-22(24,25)14-3-1-4-15(11-14)32-20-12-19(27-13-28-20)29-9-7-16-17(5-2-6-18(16)29)21(31)26-8-10-30/h1-6,11-13,30H,7-10H2,(H,26,31). The van der Waals surface area contributed by atoms with Crippen LogP contribution in [-0.2, 0) is 12.6 Å². The maximum absolute atomic E-state index is 12.9. The second-order valence-corrected chi connectivity index (χ2v) is 7.03. The topological polar surface area (TPSA) is 87.6 Å². The monoisotopic (exact) mass is 444 g/mol. The van der Waals surface area contributed by atoms with Gasteiger partial charge in [0, 0.05) is 30.4 Å². The first-order valence-electron chi connectivity index (χ1n) is 9.82. The number of aliphatic hydroxyl groups excluding tert-OH is 1. The molecule has 1 aromatic heterocycles. The van der Waals surface area contributed by atoms with Crippen LogP contribution in [0.2, 0.25) is 0 Å². The lowest BCUT2D eigenvalue weighted by molar-refractivity contribution is -0.137. The van der Waals surface area contributed by atoms with Crippen molar-refractivity contribution in [2.45, 2.75) is 12.6 Å². The zero-order valence-electron chi connectivity index (χ0n) is 16.8. The van der Waals surface area contributed by atoms with E-state index >= 15 is 0 Å². The van der Waals surface area contributed by atoms with E-state index in [1.54, 1.807) is 12.1 Å². The summed E-state index contributed by atoms with van der Waals surface area (Å²) in [5, 5.41) is 11.6. The normalized spacial score (nSPS) is 13.1. The van der Waals surface area contributed by atoms with E-state index in [4.69, 9.17) is 9.84 Å². The van der Waals surface area contributed by atoms with Crippen molar-refractivity contribution in [1.29, 1.82) is 0 Å². The van der Waals surface area contributed by atoms with Crippen molar-refractivity contribution in [2.24, 2.45) is 0 Å². The van der Waals surface area contributed by atoms with Crippen LogP contribution in [0.4, 0.5) is 24.7 Å². The molecule has 0 unspecified atom stereocenters. The Morgan fingerprint density at radius 2 is 1.97 bits per heavy atom. The van der Waals surface area contributed by atoms with Gasteiger partial charge in [-0.05, 0) is 42.3 Å². The van der Waals surface area contributed by atoms with Gasteiger partial charge in [0.1, 0.15) is 17.9 Å². The van der Waals surface area contributed by atoms with Gasteiger partial charge in [0.05, 0.1) is 12.2 Å². The van der Waals surface area contributed by atoms with E-state index in [0.717, 1.165) is 23.4 Å². The number of anilines is 2. The second kappa shape index (κ2) is 8.83. The van der Waals surface area contributed by atoms with Crippen molar-refractivity contribution in [1.82, 2.24) is 15.3 Å². The molecule has 1 aliphatic rings. The average molecular weight is 444 g/mol. The number of aromatic nitrogens is 2. The summed E-state index contributed by atoms with van der Waals surface area (Å²) < 4.78 is 44.4. The number of hydrogen-bond donors (Lipinski definition) is 2. The lowest BCUT2D eigenvalue weighted by Crippen LogP contribution is -2.27. The fraction of sp³-hybridized carbons (Fsp3) is 0.227. The predicted molar refractivity (Wildman–Crippen MR) is 110 cm³/mol. The molecule has 0 aliphatic carbocycles. The minimum Gasteiger partial charge on any atom is -0.439 e. The summed E-state index contributed by atoms with van der Waals surface area (Å²) in [5.74, 6) is 0.330. The number of halogens is 3. The largest absolute Gasteiger partial charge is 0.439 e. The van der Waals surface area contributed by atoms with Gasteiger partial charge < -0.3 is 20.1 Å². The summed E-state index contributed by atoms with van der Waals surface area (Å²) in [5.41, 5.74) is 1.35. The molecule has 2 heterocycles. The molecule has 0 saturated heterocycles. The molecule has 0 bridgehead atoms. The summed E-state index contributed by atoms with van der Waals surface area (Å²) in [6, 6.07) is 11.4. The number of amides is 1. The first-order valence-corrected chi connectivity index (χ1v) is 9.82. The van der Waals surface area contributed by atoms with Crippen LogP contribution in [0.15, 0.2) is 54.9 Å². The third-order valence-electron chi connectivity index (χ3n) is 4.96. The Hall–Kier alpha value is -3.66. The highest BCUT2D eigenvalue weighted by molar-refractivity contribution is 5.98. The van der Waals surface area contributed by atoms with Crippen molar-refractivity contribution in [2.75, 3.05) is 24.6 Å². The smallest absolute Gasteiger partial charge is 0.416 e. The zero-order valence-corrected chi connectivity index (χ0v) is 16.8. The summed E-state index contributed by atoms with van der Waals surface area (Å²) >= 11 is 0. The average Bonchev–Trinajstić information content (AvgIpc) is 3.21. The van der Waals surface area contributed by atoms with Crippen LogP contribution in [0.25, 0.3) is 0 Å². The van der Waals surface area contributed by atoms with Crippen molar-refractivity contribution < 1.29 is 27.8 Å². The number of carbonyl (C=O) groups is 1. The van der Waals surface area contributed by atoms with E-state index in [0.29, 0.717) is 24.3 Å². The van der Waals surface area contributed by atoms with Gasteiger partial charge in [-0.15, -0.1) is 0 Å². The van der Waals surface area contributed by atoms with Gasteiger partial charge in [0.25, 0.3) is 5.91 Å². The molecular formula is C22H19F3N4O3. The van der Waals surface area contributed by atoms with Gasteiger partial charge in [-0.25, -0.2) is 9.97 Å². The maximum Gasteiger partial charge on any atom is 0.416 e. The van der Waals surface area contributed by atoms with Gasteiger partial charge >= 0.3 is 6.18 Å². The summed E-state index contributed by atoms with van der Waals surface area (Å²) in [6.45, 7) is 0.566. The molecule has 2 N–H and O–H groups in total. The van der Waals surface area contributed by atoms with Crippen LogP contribution in [0.1, 0.15) is 21.5 Å². The van der Waals surface area contributed by atoms with E-state index in [9.17, 15) is 18.0 Å². The molecule has 3 aromatic rings. The summed E-state index contributed by atoms with van der Waals surface area (Å²) in [6.07, 6.45) is -2.60. The van der Waals surface area contributed by atoms with Crippen LogP contribution >= 0.6 is 0 Å². The molecule has 32 heavy (non-hydrogen) atoms. The Morgan fingerprint density at radius 3 is 2.75 bits per heavy atom. The van der Waals surface area contributed by atoms with Crippen molar-refractivity contribution in [3.05, 3.63) is 71.5 Å². The fourth-order valence-corrected chi connectivity index (χ4v) is 3.54. The second-order valence-electron chi connectivity index (χ2n) is 7.03. The lowest BCUT2D eigenvalue weighted by Gasteiger charge is -2.19. The number of nitrogens with zero attached hydrogens (tertiary/aromatic N) is 3. The number of alkyl halides is 3. The van der Waals surface area contributed by atoms with Crippen molar-refractivity contribution >= 4 is 17.4 Å². The number of rotatable bonds is 6. The molecule has 1 aliphatic heterocycles. The highest BCUT2D eigenvalue weighted by Crippen LogP contribution is 2.37. The van der Waals surface area contributed by atoms with E-state index in [2.05, 4.69) is 15.3 Å². The number of nitrogens with one attached hydrogen (secondary N) is 1.